The molecule has 19 heavy (non-hydrogen) atoms. The van der Waals surface area contributed by atoms with Crippen LogP contribution in [-0.2, 0) is 9.13 Å². The molecule has 1 amide bonds. The summed E-state index contributed by atoms with van der Waals surface area (Å²) in [4.78, 5) is 38.4. The third-order valence-electron chi connectivity index (χ3n) is 2.25. The molecule has 0 saturated heterocycles. The van der Waals surface area contributed by atoms with Crippen LogP contribution < -0.4 is 5.32 Å². The number of carbonyl (C=O) groups excluding carboxylic acids is 1. The van der Waals surface area contributed by atoms with Crippen molar-refractivity contribution in [3.05, 3.63) is 30.3 Å². The van der Waals surface area contributed by atoms with E-state index in [0.717, 1.165) is 0 Å². The maximum atomic E-state index is 11.7. The van der Waals surface area contributed by atoms with Gasteiger partial charge in [-0.25, -0.2) is 0 Å². The first-order valence-corrected chi connectivity index (χ1v) is 9.08. The zero-order chi connectivity index (χ0) is 14.5. The van der Waals surface area contributed by atoms with Gasteiger partial charge < -0.3 is 20.0 Å². The van der Waals surface area contributed by atoms with Gasteiger partial charge in [0.05, 0.1) is 6.16 Å². The first-order valence-electron chi connectivity index (χ1n) is 5.44. The quantitative estimate of drug-likeness (QED) is 0.596. The van der Waals surface area contributed by atoms with Crippen LogP contribution in [0.4, 0.5) is 10.5 Å². The van der Waals surface area contributed by atoms with Crippen LogP contribution in [0.2, 0.25) is 0 Å². The summed E-state index contributed by atoms with van der Waals surface area (Å²) >= 11 is 0. The molecule has 1 atom stereocenters. The first-order chi connectivity index (χ1) is 8.71. The Morgan fingerprint density at radius 2 is 1.63 bits per heavy atom. The Kier molecular flexibility index (Phi) is 5.47. The molecule has 1 rings (SSSR count). The van der Waals surface area contributed by atoms with Gasteiger partial charge in [0.1, 0.15) is 0 Å². The van der Waals surface area contributed by atoms with Crippen molar-refractivity contribution in [2.45, 2.75) is 6.42 Å². The van der Waals surface area contributed by atoms with Crippen molar-refractivity contribution in [1.82, 2.24) is 0 Å². The monoisotopic (exact) mass is 307 g/mol. The van der Waals surface area contributed by atoms with Crippen LogP contribution in [0, 0.1) is 0 Å². The Morgan fingerprint density at radius 3 is 2.16 bits per heavy atom. The molecule has 0 aliphatic carbocycles. The van der Waals surface area contributed by atoms with Gasteiger partial charge in [-0.05, 0) is 18.6 Å². The summed E-state index contributed by atoms with van der Waals surface area (Å²) < 4.78 is 22.3. The third kappa shape index (κ3) is 6.14. The lowest BCUT2D eigenvalue weighted by atomic mass is 10.3. The normalized spacial score (nSPS) is 14.7. The average molecular weight is 307 g/mol. The summed E-state index contributed by atoms with van der Waals surface area (Å²) in [6, 6.07) is 8.17. The van der Waals surface area contributed by atoms with E-state index in [1.165, 1.54) is 0 Å². The number of rotatable bonds is 6. The van der Waals surface area contributed by atoms with Crippen molar-refractivity contribution in [3.63, 3.8) is 0 Å². The van der Waals surface area contributed by atoms with E-state index in [1.807, 2.05) is 0 Å². The molecule has 0 aliphatic heterocycles. The van der Waals surface area contributed by atoms with Gasteiger partial charge in [0.15, 0.2) is 0 Å². The molecule has 0 aromatic heterocycles. The molecule has 0 aliphatic rings. The van der Waals surface area contributed by atoms with Crippen LogP contribution in [0.3, 0.4) is 0 Å². The van der Waals surface area contributed by atoms with E-state index < -0.39 is 32.9 Å². The van der Waals surface area contributed by atoms with Crippen molar-refractivity contribution >= 4 is 26.3 Å². The second-order valence-electron chi connectivity index (χ2n) is 3.96. The van der Waals surface area contributed by atoms with E-state index in [4.69, 9.17) is 9.79 Å². The van der Waals surface area contributed by atoms with Gasteiger partial charge in [0, 0.05) is 11.8 Å². The number of carbonyl (C=O) groups is 1. The molecule has 9 heteroatoms. The highest BCUT2D eigenvalue weighted by molar-refractivity contribution is 7.75. The predicted molar refractivity (Wildman–Crippen MR) is 71.7 cm³/mol. The summed E-state index contributed by atoms with van der Waals surface area (Å²) in [6.45, 7) is 0. The molecule has 0 heterocycles. The van der Waals surface area contributed by atoms with Gasteiger partial charge in [-0.3, -0.25) is 13.9 Å². The molecule has 0 bridgehead atoms. The second kappa shape index (κ2) is 6.46. The second-order valence-corrected chi connectivity index (χ2v) is 8.00. The van der Waals surface area contributed by atoms with Gasteiger partial charge in [-0.2, -0.15) is 0 Å². The van der Waals surface area contributed by atoms with Gasteiger partial charge >= 0.3 is 13.2 Å². The SMILES string of the molecule is O=C(Nc1ccccc1)P(=O)(O)CCCP(=O)(O)O. The van der Waals surface area contributed by atoms with E-state index in [2.05, 4.69) is 5.32 Å². The Labute approximate surface area is 110 Å². The highest BCUT2D eigenvalue weighted by atomic mass is 31.2. The molecule has 0 spiro atoms. The number of hydrogen-bond acceptors (Lipinski definition) is 3. The largest absolute Gasteiger partial charge is 0.338 e. The van der Waals surface area contributed by atoms with Crippen molar-refractivity contribution in [2.24, 2.45) is 0 Å². The molecular formula is C10H15NO6P2. The summed E-state index contributed by atoms with van der Waals surface area (Å²) in [7, 11) is -8.34. The fraction of sp³-hybridized carbons (Fsp3) is 0.300. The van der Waals surface area contributed by atoms with Crippen LogP contribution in [0.25, 0.3) is 0 Å². The zero-order valence-electron chi connectivity index (χ0n) is 9.97. The van der Waals surface area contributed by atoms with Crippen LogP contribution in [-0.4, -0.2) is 32.7 Å². The van der Waals surface area contributed by atoms with E-state index in [1.54, 1.807) is 30.3 Å². The van der Waals surface area contributed by atoms with Crippen molar-refractivity contribution < 1.29 is 28.6 Å². The van der Waals surface area contributed by atoms with Gasteiger partial charge in [0.25, 0.3) is 7.37 Å². The lowest BCUT2D eigenvalue weighted by Gasteiger charge is -2.12. The molecule has 1 aromatic carbocycles. The summed E-state index contributed by atoms with van der Waals surface area (Å²) in [5.41, 5.74) is -0.652. The number of nitrogens with one attached hydrogen (secondary N) is 1. The molecule has 0 fully saturated rings. The number of amides is 1. The minimum atomic E-state index is -4.21. The van der Waals surface area contributed by atoms with Gasteiger partial charge in [-0.15, -0.1) is 0 Å². The maximum absolute atomic E-state index is 11.7. The number of hydrogen-bond donors (Lipinski definition) is 4. The molecule has 4 N–H and O–H groups in total. The van der Waals surface area contributed by atoms with E-state index in [0.29, 0.717) is 5.69 Å². The number of para-hydroxylation sites is 1. The molecule has 1 unspecified atom stereocenters. The molecule has 106 valence electrons. The highest BCUT2D eigenvalue weighted by Crippen LogP contribution is 2.45. The predicted octanol–water partition coefficient (Wildman–Crippen LogP) is 2.06. The molecular weight excluding hydrogens is 292 g/mol. The summed E-state index contributed by atoms with van der Waals surface area (Å²) in [5, 5.41) is 2.28. The number of benzene rings is 1. The maximum Gasteiger partial charge on any atom is 0.325 e. The average Bonchev–Trinajstić information content (AvgIpc) is 2.28. The molecule has 0 radical (unpaired) electrons. The molecule has 1 aromatic rings. The van der Waals surface area contributed by atoms with Crippen LogP contribution in [0.5, 0.6) is 0 Å². The summed E-state index contributed by atoms with van der Waals surface area (Å²) in [5.74, 6) is 0. The van der Waals surface area contributed by atoms with Gasteiger partial charge in [0.2, 0.25) is 0 Å². The van der Waals surface area contributed by atoms with Crippen LogP contribution in [0.15, 0.2) is 30.3 Å². The van der Waals surface area contributed by atoms with E-state index >= 15 is 0 Å². The highest BCUT2D eigenvalue weighted by Gasteiger charge is 2.29. The van der Waals surface area contributed by atoms with Crippen molar-refractivity contribution in [1.29, 1.82) is 0 Å². The first kappa shape index (κ1) is 16.1. The fourth-order valence-electron chi connectivity index (χ4n) is 1.32. The minimum absolute atomic E-state index is 0.194. The van der Waals surface area contributed by atoms with E-state index in [-0.39, 0.29) is 6.42 Å². The summed E-state index contributed by atoms with van der Waals surface area (Å²) in [6.07, 6.45) is -1.17. The molecule has 0 saturated carbocycles. The topological polar surface area (TPSA) is 124 Å². The van der Waals surface area contributed by atoms with Crippen LogP contribution in [0.1, 0.15) is 6.42 Å². The van der Waals surface area contributed by atoms with Crippen LogP contribution >= 0.6 is 15.0 Å². The fourth-order valence-corrected chi connectivity index (χ4v) is 3.24. The number of anilines is 1. The Morgan fingerprint density at radius 1 is 1.05 bits per heavy atom. The van der Waals surface area contributed by atoms with Crippen molar-refractivity contribution in [3.8, 4) is 0 Å². The Bertz CT molecular complexity index is 526. The zero-order valence-corrected chi connectivity index (χ0v) is 11.8. The Hall–Kier alpha value is -0.970. The van der Waals surface area contributed by atoms with E-state index in [9.17, 15) is 18.8 Å². The minimum Gasteiger partial charge on any atom is -0.338 e. The lowest BCUT2D eigenvalue weighted by molar-refractivity contribution is 0.264. The lowest BCUT2D eigenvalue weighted by Crippen LogP contribution is -2.12. The Balaban J connectivity index is 2.55. The third-order valence-corrected chi connectivity index (χ3v) is 4.82. The molecule has 7 nitrogen and oxygen atoms in total. The standard InChI is InChI=1S/C10H15NO6P2/c12-10(11-9-5-2-1-3-6-9)18(13,14)7-4-8-19(15,16)17/h1-3,5-6H,4,7-8H2,(H,11,12)(H,13,14)(H2,15,16,17). The van der Waals surface area contributed by atoms with Gasteiger partial charge in [-0.1, -0.05) is 18.2 Å². The van der Waals surface area contributed by atoms with Crippen molar-refractivity contribution in [2.75, 3.05) is 17.6 Å². The smallest absolute Gasteiger partial charge is 0.325 e.